The summed E-state index contributed by atoms with van der Waals surface area (Å²) < 4.78 is 25.9. The molecule has 0 amide bonds. The summed E-state index contributed by atoms with van der Waals surface area (Å²) >= 11 is 5.68. The lowest BCUT2D eigenvalue weighted by Gasteiger charge is -2.38. The topological polar surface area (TPSA) is 40.6 Å². The minimum atomic E-state index is -3.14. The Hall–Kier alpha value is 0.160. The highest BCUT2D eigenvalue weighted by atomic mass is 35.5. The van der Waals surface area contributed by atoms with Gasteiger partial charge in [0.2, 0.25) is 10.0 Å². The molecule has 0 aromatic rings. The number of hydrogen-bond donors (Lipinski definition) is 0. The number of nitrogens with zero attached hydrogens (tertiary/aromatic N) is 2. The van der Waals surface area contributed by atoms with Gasteiger partial charge in [-0.05, 0) is 19.4 Å². The van der Waals surface area contributed by atoms with Gasteiger partial charge in [0.05, 0.1) is 5.75 Å². The molecule has 4 nitrogen and oxygen atoms in total. The van der Waals surface area contributed by atoms with Gasteiger partial charge in [0, 0.05) is 31.6 Å². The van der Waals surface area contributed by atoms with Crippen molar-refractivity contribution in [1.82, 2.24) is 9.21 Å². The molecule has 2 atom stereocenters. The molecule has 6 heteroatoms. The first-order valence-corrected chi connectivity index (χ1v) is 8.33. The van der Waals surface area contributed by atoms with Crippen molar-refractivity contribution < 1.29 is 8.42 Å². The van der Waals surface area contributed by atoms with E-state index in [1.54, 1.807) is 4.31 Å². The Morgan fingerprint density at radius 2 is 2.06 bits per heavy atom. The van der Waals surface area contributed by atoms with Gasteiger partial charge in [0.25, 0.3) is 0 Å². The number of halogens is 1. The quantitative estimate of drug-likeness (QED) is 0.712. The minimum absolute atomic E-state index is 0.0150. The monoisotopic (exact) mass is 282 g/mol. The second-order valence-electron chi connectivity index (χ2n) is 4.87. The number of sulfonamides is 1. The molecule has 1 fully saturated rings. The third-order valence-corrected chi connectivity index (χ3v) is 5.92. The molecule has 0 saturated carbocycles. The molecule has 1 saturated heterocycles. The van der Waals surface area contributed by atoms with E-state index in [0.717, 1.165) is 13.1 Å². The molecule has 0 N–H and O–H groups in total. The van der Waals surface area contributed by atoms with Crippen LogP contribution in [0.2, 0.25) is 0 Å². The van der Waals surface area contributed by atoms with E-state index in [4.69, 9.17) is 11.6 Å². The van der Waals surface area contributed by atoms with Gasteiger partial charge in [-0.1, -0.05) is 13.8 Å². The smallest absolute Gasteiger partial charge is 0.214 e. The average Bonchev–Trinajstić information content (AvgIpc) is 2.28. The summed E-state index contributed by atoms with van der Waals surface area (Å²) in [7, 11) is -3.14. The van der Waals surface area contributed by atoms with E-state index in [1.165, 1.54) is 0 Å². The van der Waals surface area contributed by atoms with Crippen LogP contribution in [-0.4, -0.2) is 61.5 Å². The fourth-order valence-electron chi connectivity index (χ4n) is 2.19. The van der Waals surface area contributed by atoms with E-state index in [9.17, 15) is 8.42 Å². The number of rotatable bonds is 5. The Kier molecular flexibility index (Phi) is 5.70. The van der Waals surface area contributed by atoms with E-state index >= 15 is 0 Å². The largest absolute Gasteiger partial charge is 0.298 e. The van der Waals surface area contributed by atoms with Crippen LogP contribution in [0.25, 0.3) is 0 Å². The van der Waals surface area contributed by atoms with Crippen LogP contribution in [0.5, 0.6) is 0 Å². The molecular weight excluding hydrogens is 260 g/mol. The molecule has 0 aromatic carbocycles. The highest BCUT2D eigenvalue weighted by molar-refractivity contribution is 7.89. The second-order valence-corrected chi connectivity index (χ2v) is 7.20. The highest BCUT2D eigenvalue weighted by Crippen LogP contribution is 2.15. The van der Waals surface area contributed by atoms with Crippen molar-refractivity contribution in [3.63, 3.8) is 0 Å². The summed E-state index contributed by atoms with van der Waals surface area (Å²) in [4.78, 5) is 2.30. The van der Waals surface area contributed by atoms with E-state index < -0.39 is 10.0 Å². The Morgan fingerprint density at radius 1 is 1.41 bits per heavy atom. The summed E-state index contributed by atoms with van der Waals surface area (Å²) in [6, 6.07) is 0.301. The van der Waals surface area contributed by atoms with Crippen molar-refractivity contribution in [1.29, 1.82) is 0 Å². The average molecular weight is 283 g/mol. The molecule has 0 bridgehead atoms. The van der Waals surface area contributed by atoms with Gasteiger partial charge in [-0.3, -0.25) is 4.90 Å². The molecule has 102 valence electrons. The Balaban J connectivity index is 2.62. The lowest BCUT2D eigenvalue weighted by molar-refractivity contribution is 0.135. The van der Waals surface area contributed by atoms with Crippen LogP contribution in [0.4, 0.5) is 0 Å². The lowest BCUT2D eigenvalue weighted by atomic mass is 10.2. The molecule has 2 unspecified atom stereocenters. The second kappa shape index (κ2) is 6.36. The van der Waals surface area contributed by atoms with Gasteiger partial charge in [0.15, 0.2) is 0 Å². The Bertz CT molecular complexity index is 334. The van der Waals surface area contributed by atoms with Gasteiger partial charge >= 0.3 is 0 Å². The normalized spacial score (nSPS) is 26.0. The molecule has 0 aromatic heterocycles. The Labute approximate surface area is 110 Å². The van der Waals surface area contributed by atoms with E-state index in [2.05, 4.69) is 18.7 Å². The zero-order valence-electron chi connectivity index (χ0n) is 10.9. The number of hydrogen-bond acceptors (Lipinski definition) is 3. The van der Waals surface area contributed by atoms with Gasteiger partial charge in [-0.2, -0.15) is 4.31 Å². The molecule has 17 heavy (non-hydrogen) atoms. The van der Waals surface area contributed by atoms with Gasteiger partial charge in [0.1, 0.15) is 0 Å². The van der Waals surface area contributed by atoms with Crippen molar-refractivity contribution in [3.05, 3.63) is 0 Å². The molecule has 0 aliphatic carbocycles. The zero-order valence-corrected chi connectivity index (χ0v) is 12.5. The fraction of sp³-hybridized carbons (Fsp3) is 1.00. The van der Waals surface area contributed by atoms with Crippen molar-refractivity contribution in [2.75, 3.05) is 37.8 Å². The molecule has 1 heterocycles. The summed E-state index contributed by atoms with van der Waals surface area (Å²) in [5.74, 6) is 0.570. The van der Waals surface area contributed by atoms with Crippen LogP contribution in [0.15, 0.2) is 0 Å². The molecule has 0 radical (unpaired) electrons. The maximum Gasteiger partial charge on any atom is 0.214 e. The fourth-order valence-corrected chi connectivity index (χ4v) is 4.28. The SMILES string of the molecule is CCN1CCN(S(=O)(=O)CC(C)CCl)CC1C. The first-order chi connectivity index (χ1) is 7.90. The summed E-state index contributed by atoms with van der Waals surface area (Å²) in [6.45, 7) is 9.07. The summed E-state index contributed by atoms with van der Waals surface area (Å²) in [5, 5.41) is 0. The molecule has 1 rings (SSSR count). The number of likely N-dealkylation sites (N-methyl/N-ethyl adjacent to an activating group) is 1. The maximum absolute atomic E-state index is 12.1. The molecule has 1 aliphatic rings. The van der Waals surface area contributed by atoms with E-state index in [0.29, 0.717) is 25.0 Å². The van der Waals surface area contributed by atoms with Crippen molar-refractivity contribution in [2.24, 2.45) is 5.92 Å². The van der Waals surface area contributed by atoms with Crippen molar-refractivity contribution >= 4 is 21.6 Å². The maximum atomic E-state index is 12.1. The first kappa shape index (κ1) is 15.2. The van der Waals surface area contributed by atoms with E-state index in [-0.39, 0.29) is 11.7 Å². The molecule has 1 aliphatic heterocycles. The van der Waals surface area contributed by atoms with Crippen LogP contribution in [0.1, 0.15) is 20.8 Å². The van der Waals surface area contributed by atoms with Gasteiger partial charge < -0.3 is 0 Å². The van der Waals surface area contributed by atoms with E-state index in [1.807, 2.05) is 6.92 Å². The molecular formula is C11H23ClN2O2S. The van der Waals surface area contributed by atoms with Crippen LogP contribution in [0.3, 0.4) is 0 Å². The van der Waals surface area contributed by atoms with Crippen LogP contribution in [0, 0.1) is 5.92 Å². The third-order valence-electron chi connectivity index (χ3n) is 3.29. The van der Waals surface area contributed by atoms with Gasteiger partial charge in [-0.25, -0.2) is 8.42 Å². The summed E-state index contributed by atoms with van der Waals surface area (Å²) in [5.41, 5.74) is 0. The Morgan fingerprint density at radius 3 is 2.53 bits per heavy atom. The predicted molar refractivity (Wildman–Crippen MR) is 72.0 cm³/mol. The van der Waals surface area contributed by atoms with Crippen molar-refractivity contribution in [3.8, 4) is 0 Å². The van der Waals surface area contributed by atoms with Crippen LogP contribution >= 0.6 is 11.6 Å². The third kappa shape index (κ3) is 4.09. The van der Waals surface area contributed by atoms with Gasteiger partial charge in [-0.15, -0.1) is 11.6 Å². The summed E-state index contributed by atoms with van der Waals surface area (Å²) in [6.07, 6.45) is 0. The standard InChI is InChI=1S/C11H23ClN2O2S/c1-4-13-5-6-14(8-11(13)3)17(15,16)9-10(2)7-12/h10-11H,4-9H2,1-3H3. The predicted octanol–water partition coefficient (Wildman–Crippen LogP) is 1.22. The first-order valence-electron chi connectivity index (χ1n) is 6.18. The zero-order chi connectivity index (χ0) is 13.1. The minimum Gasteiger partial charge on any atom is -0.298 e. The number of alkyl halides is 1. The highest BCUT2D eigenvalue weighted by Gasteiger charge is 2.31. The van der Waals surface area contributed by atoms with Crippen molar-refractivity contribution in [2.45, 2.75) is 26.8 Å². The van der Waals surface area contributed by atoms with Crippen LogP contribution in [-0.2, 0) is 10.0 Å². The van der Waals surface area contributed by atoms with Crippen LogP contribution < -0.4 is 0 Å². The molecule has 0 spiro atoms. The number of piperazine rings is 1. The lowest BCUT2D eigenvalue weighted by Crippen LogP contribution is -2.54.